The average Bonchev–Trinajstić information content (AvgIpc) is 3.17. The van der Waals surface area contributed by atoms with E-state index < -0.39 is 4.92 Å². The monoisotopic (exact) mass is 300 g/mol. The highest BCUT2D eigenvalue weighted by Gasteiger charge is 2.17. The largest absolute Gasteiger partial charge is 0.433 e. The van der Waals surface area contributed by atoms with E-state index in [1.165, 1.54) is 12.1 Å². The van der Waals surface area contributed by atoms with Crippen LogP contribution in [0.4, 0.5) is 5.88 Å². The predicted octanol–water partition coefficient (Wildman–Crippen LogP) is 2.53. The van der Waals surface area contributed by atoms with Gasteiger partial charge in [-0.2, -0.15) is 4.98 Å². The maximum atomic E-state index is 10.6. The van der Waals surface area contributed by atoms with Crippen LogP contribution in [0.3, 0.4) is 0 Å². The summed E-state index contributed by atoms with van der Waals surface area (Å²) in [5.41, 5.74) is 1.15. The molecule has 2 heterocycles. The molecule has 1 N–H and O–H groups in total. The summed E-state index contributed by atoms with van der Waals surface area (Å²) in [5, 5.41) is 17.5. The molecule has 2 aromatic heterocycles. The van der Waals surface area contributed by atoms with Crippen molar-refractivity contribution < 1.29 is 13.9 Å². The van der Waals surface area contributed by atoms with Crippen molar-refractivity contribution in [2.45, 2.75) is 13.1 Å². The summed E-state index contributed by atoms with van der Waals surface area (Å²) in [6.45, 7) is 1.10. The Morgan fingerprint density at radius 2 is 1.95 bits per heavy atom. The van der Waals surface area contributed by atoms with E-state index in [9.17, 15) is 10.1 Å². The van der Waals surface area contributed by atoms with Crippen molar-refractivity contribution in [2.24, 2.45) is 0 Å². The van der Waals surface area contributed by atoms with Crippen LogP contribution in [0.5, 0.6) is 0 Å². The Hall–Kier alpha value is -3.00. The third-order valence-corrected chi connectivity index (χ3v) is 2.91. The van der Waals surface area contributed by atoms with Gasteiger partial charge in [-0.1, -0.05) is 35.5 Å². The lowest BCUT2D eigenvalue weighted by molar-refractivity contribution is -0.401. The predicted molar refractivity (Wildman–Crippen MR) is 75.6 cm³/mol. The van der Waals surface area contributed by atoms with Gasteiger partial charge in [0.2, 0.25) is 0 Å². The molecule has 0 atom stereocenters. The first-order valence-corrected chi connectivity index (χ1v) is 6.54. The standard InChI is InChI=1S/C14H12N4O4/c19-18(20)13-7-6-11(21-13)14-16-12(17-22-14)9-15-8-10-4-2-1-3-5-10/h1-7,15H,8-9H2. The molecule has 0 spiro atoms. The van der Waals surface area contributed by atoms with Gasteiger partial charge in [0.1, 0.15) is 4.92 Å². The minimum Gasteiger partial charge on any atom is -0.395 e. The molecule has 0 fully saturated rings. The van der Waals surface area contributed by atoms with Gasteiger partial charge in [0, 0.05) is 6.54 Å². The Morgan fingerprint density at radius 1 is 1.14 bits per heavy atom. The normalized spacial score (nSPS) is 10.7. The first kappa shape index (κ1) is 14.0. The van der Waals surface area contributed by atoms with Crippen molar-refractivity contribution in [2.75, 3.05) is 0 Å². The van der Waals surface area contributed by atoms with Crippen LogP contribution in [-0.2, 0) is 13.1 Å². The molecular formula is C14H12N4O4. The molecule has 0 aliphatic rings. The second kappa shape index (κ2) is 6.19. The second-order valence-corrected chi connectivity index (χ2v) is 4.50. The van der Waals surface area contributed by atoms with E-state index in [1.807, 2.05) is 30.3 Å². The number of rotatable bonds is 6. The second-order valence-electron chi connectivity index (χ2n) is 4.50. The Labute approximate surface area is 124 Å². The number of nitro groups is 1. The molecule has 8 nitrogen and oxygen atoms in total. The zero-order valence-corrected chi connectivity index (χ0v) is 11.4. The minimum atomic E-state index is -0.623. The molecule has 1 aromatic carbocycles. The Balaban J connectivity index is 1.60. The van der Waals surface area contributed by atoms with Crippen LogP contribution in [0.25, 0.3) is 11.7 Å². The van der Waals surface area contributed by atoms with Crippen molar-refractivity contribution in [3.8, 4) is 11.7 Å². The first-order valence-electron chi connectivity index (χ1n) is 6.54. The van der Waals surface area contributed by atoms with Gasteiger partial charge >= 0.3 is 5.88 Å². The minimum absolute atomic E-state index is 0.115. The summed E-state index contributed by atoms with van der Waals surface area (Å²) in [6.07, 6.45) is 0. The quantitative estimate of drug-likeness (QED) is 0.550. The van der Waals surface area contributed by atoms with Gasteiger partial charge in [-0.15, -0.1) is 0 Å². The Kier molecular flexibility index (Phi) is 3.92. The van der Waals surface area contributed by atoms with Gasteiger partial charge in [-0.25, -0.2) is 0 Å². The van der Waals surface area contributed by atoms with Crippen LogP contribution in [0, 0.1) is 10.1 Å². The Morgan fingerprint density at radius 3 is 2.68 bits per heavy atom. The summed E-state index contributed by atoms with van der Waals surface area (Å²) < 4.78 is 10.0. The molecule has 3 rings (SSSR count). The van der Waals surface area contributed by atoms with Crippen molar-refractivity contribution in [1.29, 1.82) is 0 Å². The van der Waals surface area contributed by atoms with Gasteiger partial charge in [0.05, 0.1) is 12.6 Å². The van der Waals surface area contributed by atoms with Gasteiger partial charge in [-0.05, 0) is 11.6 Å². The molecular weight excluding hydrogens is 288 g/mol. The van der Waals surface area contributed by atoms with Crippen molar-refractivity contribution in [3.05, 3.63) is 64.0 Å². The zero-order valence-electron chi connectivity index (χ0n) is 11.4. The third kappa shape index (κ3) is 3.18. The fourth-order valence-electron chi connectivity index (χ4n) is 1.88. The lowest BCUT2D eigenvalue weighted by atomic mass is 10.2. The fourth-order valence-corrected chi connectivity index (χ4v) is 1.88. The summed E-state index contributed by atoms with van der Waals surface area (Å²) in [4.78, 5) is 14.1. The smallest absolute Gasteiger partial charge is 0.395 e. The van der Waals surface area contributed by atoms with E-state index in [0.29, 0.717) is 18.9 Å². The van der Waals surface area contributed by atoms with E-state index in [0.717, 1.165) is 5.56 Å². The molecule has 3 aromatic rings. The van der Waals surface area contributed by atoms with Gasteiger partial charge in [-0.3, -0.25) is 10.1 Å². The first-order chi connectivity index (χ1) is 10.7. The number of aromatic nitrogens is 2. The molecule has 0 saturated heterocycles. The maximum Gasteiger partial charge on any atom is 0.433 e. The van der Waals surface area contributed by atoms with Crippen LogP contribution in [-0.4, -0.2) is 15.1 Å². The summed E-state index contributed by atoms with van der Waals surface area (Å²) >= 11 is 0. The number of hydrogen-bond acceptors (Lipinski definition) is 7. The average molecular weight is 300 g/mol. The molecule has 0 aliphatic carbocycles. The van der Waals surface area contributed by atoms with Crippen LogP contribution in [0.1, 0.15) is 11.4 Å². The SMILES string of the molecule is O=[N+]([O-])c1ccc(-c2nc(CNCc3ccccc3)no2)o1. The molecule has 0 saturated carbocycles. The van der Waals surface area contributed by atoms with Crippen LogP contribution in [0.2, 0.25) is 0 Å². The number of hydrogen-bond donors (Lipinski definition) is 1. The van der Waals surface area contributed by atoms with Gasteiger partial charge in [0.25, 0.3) is 5.89 Å². The molecule has 22 heavy (non-hydrogen) atoms. The van der Waals surface area contributed by atoms with E-state index in [2.05, 4.69) is 15.5 Å². The lowest BCUT2D eigenvalue weighted by Gasteiger charge is -2.00. The molecule has 0 bridgehead atoms. The highest BCUT2D eigenvalue weighted by molar-refractivity contribution is 5.46. The molecule has 0 unspecified atom stereocenters. The van der Waals surface area contributed by atoms with E-state index >= 15 is 0 Å². The highest BCUT2D eigenvalue weighted by atomic mass is 16.6. The molecule has 0 aliphatic heterocycles. The van der Waals surface area contributed by atoms with Gasteiger partial charge in [0.15, 0.2) is 11.6 Å². The number of nitrogens with zero attached hydrogens (tertiary/aromatic N) is 3. The van der Waals surface area contributed by atoms with Crippen molar-refractivity contribution >= 4 is 5.88 Å². The summed E-state index contributed by atoms with van der Waals surface area (Å²) in [5.74, 6) is 0.375. The molecule has 0 amide bonds. The highest BCUT2D eigenvalue weighted by Crippen LogP contribution is 2.24. The number of furan rings is 1. The number of nitrogens with one attached hydrogen (secondary N) is 1. The fraction of sp³-hybridized carbons (Fsp3) is 0.143. The van der Waals surface area contributed by atoms with Crippen LogP contribution in [0.15, 0.2) is 51.4 Å². The van der Waals surface area contributed by atoms with Crippen LogP contribution >= 0.6 is 0 Å². The zero-order chi connectivity index (χ0) is 15.4. The Bertz CT molecular complexity index is 766. The van der Waals surface area contributed by atoms with Crippen molar-refractivity contribution in [1.82, 2.24) is 15.5 Å². The number of benzene rings is 1. The lowest BCUT2D eigenvalue weighted by Crippen LogP contribution is -2.13. The maximum absolute atomic E-state index is 10.6. The summed E-state index contributed by atoms with van der Waals surface area (Å²) in [7, 11) is 0. The molecule has 8 heteroatoms. The summed E-state index contributed by atoms with van der Waals surface area (Å²) in [6, 6.07) is 12.6. The van der Waals surface area contributed by atoms with E-state index in [-0.39, 0.29) is 17.5 Å². The third-order valence-electron chi connectivity index (χ3n) is 2.91. The van der Waals surface area contributed by atoms with Gasteiger partial charge < -0.3 is 14.3 Å². The molecule has 112 valence electrons. The van der Waals surface area contributed by atoms with Crippen LogP contribution < -0.4 is 5.32 Å². The van der Waals surface area contributed by atoms with E-state index in [4.69, 9.17) is 8.94 Å². The molecule has 0 radical (unpaired) electrons. The topological polar surface area (TPSA) is 107 Å². The van der Waals surface area contributed by atoms with E-state index in [1.54, 1.807) is 0 Å². The van der Waals surface area contributed by atoms with Crippen molar-refractivity contribution in [3.63, 3.8) is 0 Å².